The molecule has 2 saturated heterocycles. The van der Waals surface area contributed by atoms with Gasteiger partial charge in [-0.05, 0) is 57.5 Å². The molecule has 3 nitrogen and oxygen atoms in total. The summed E-state index contributed by atoms with van der Waals surface area (Å²) in [7, 11) is 0. The first-order valence-corrected chi connectivity index (χ1v) is 8.22. The first kappa shape index (κ1) is 14.8. The Hall–Kier alpha value is -0.570. The van der Waals surface area contributed by atoms with Crippen molar-refractivity contribution in [1.29, 1.82) is 0 Å². The summed E-state index contributed by atoms with van der Waals surface area (Å²) in [4.78, 5) is 15.1. The number of carbonyl (C=O) groups is 1. The lowest BCUT2D eigenvalue weighted by Gasteiger charge is -2.39. The van der Waals surface area contributed by atoms with Gasteiger partial charge in [0.25, 0.3) is 0 Å². The van der Waals surface area contributed by atoms with Gasteiger partial charge in [0.05, 0.1) is 5.41 Å². The maximum absolute atomic E-state index is 13.0. The van der Waals surface area contributed by atoms with Crippen LogP contribution in [0, 0.1) is 11.3 Å². The molecule has 1 amide bonds. The molecule has 0 saturated carbocycles. The van der Waals surface area contributed by atoms with Crippen molar-refractivity contribution in [3.05, 3.63) is 0 Å². The van der Waals surface area contributed by atoms with Crippen LogP contribution in [0.25, 0.3) is 0 Å². The molecule has 2 rings (SSSR count). The summed E-state index contributed by atoms with van der Waals surface area (Å²) < 4.78 is 0. The van der Waals surface area contributed by atoms with Gasteiger partial charge in [-0.1, -0.05) is 20.3 Å². The number of hydrogen-bond donors (Lipinski definition) is 1. The van der Waals surface area contributed by atoms with E-state index in [0.717, 1.165) is 51.4 Å². The molecule has 19 heavy (non-hydrogen) atoms. The number of rotatable bonds is 3. The van der Waals surface area contributed by atoms with Crippen LogP contribution in [0.5, 0.6) is 0 Å². The van der Waals surface area contributed by atoms with Crippen molar-refractivity contribution < 1.29 is 4.79 Å². The highest BCUT2D eigenvalue weighted by atomic mass is 16.2. The maximum Gasteiger partial charge on any atom is 0.228 e. The molecule has 0 aromatic heterocycles. The van der Waals surface area contributed by atoms with Crippen molar-refractivity contribution in [3.8, 4) is 0 Å². The summed E-state index contributed by atoms with van der Waals surface area (Å²) in [6, 6.07) is 0. The molecular weight excluding hydrogens is 236 g/mol. The molecule has 0 aromatic rings. The largest absolute Gasteiger partial charge is 0.342 e. The Bertz CT molecular complexity index is 297. The summed E-state index contributed by atoms with van der Waals surface area (Å²) in [6.07, 6.45) is 8.03. The minimum atomic E-state index is -0.0582. The van der Waals surface area contributed by atoms with Crippen molar-refractivity contribution >= 4 is 5.91 Å². The van der Waals surface area contributed by atoms with Crippen molar-refractivity contribution in [2.75, 3.05) is 26.2 Å². The van der Waals surface area contributed by atoms with Crippen LogP contribution in [-0.2, 0) is 4.79 Å². The topological polar surface area (TPSA) is 32.3 Å². The minimum absolute atomic E-state index is 0.0582. The number of nitrogens with one attached hydrogen (secondary N) is 1. The number of amides is 1. The molecule has 0 aromatic carbocycles. The molecule has 0 bridgehead atoms. The summed E-state index contributed by atoms with van der Waals surface area (Å²) in [5.74, 6) is 1.29. The van der Waals surface area contributed by atoms with Gasteiger partial charge in [-0.15, -0.1) is 0 Å². The Morgan fingerprint density at radius 1 is 1.21 bits per heavy atom. The number of likely N-dealkylation sites (tertiary alicyclic amines) is 1. The Morgan fingerprint density at radius 3 is 2.58 bits per heavy atom. The molecule has 1 unspecified atom stereocenters. The van der Waals surface area contributed by atoms with Gasteiger partial charge in [-0.25, -0.2) is 0 Å². The fourth-order valence-electron chi connectivity index (χ4n) is 3.74. The van der Waals surface area contributed by atoms with Crippen LogP contribution < -0.4 is 5.32 Å². The van der Waals surface area contributed by atoms with Gasteiger partial charge in [-0.3, -0.25) is 4.79 Å². The molecule has 2 heterocycles. The molecule has 1 atom stereocenters. The van der Waals surface area contributed by atoms with Crippen LogP contribution in [0.3, 0.4) is 0 Å². The van der Waals surface area contributed by atoms with E-state index in [1.165, 1.54) is 25.7 Å². The predicted molar refractivity (Wildman–Crippen MR) is 79.0 cm³/mol. The van der Waals surface area contributed by atoms with Gasteiger partial charge in [-0.2, -0.15) is 0 Å². The third kappa shape index (κ3) is 3.31. The highest BCUT2D eigenvalue weighted by molar-refractivity contribution is 5.83. The molecule has 1 N–H and O–H groups in total. The molecule has 2 aliphatic heterocycles. The maximum atomic E-state index is 13.0. The smallest absolute Gasteiger partial charge is 0.228 e. The van der Waals surface area contributed by atoms with Gasteiger partial charge in [0.2, 0.25) is 5.91 Å². The molecule has 2 fully saturated rings. The summed E-state index contributed by atoms with van der Waals surface area (Å²) in [6.45, 7) is 8.46. The zero-order chi connectivity index (χ0) is 13.7. The van der Waals surface area contributed by atoms with E-state index < -0.39 is 0 Å². The molecule has 0 aliphatic carbocycles. The van der Waals surface area contributed by atoms with Crippen LogP contribution in [0.1, 0.15) is 58.8 Å². The van der Waals surface area contributed by atoms with Crippen LogP contribution >= 0.6 is 0 Å². The number of carbonyl (C=O) groups excluding carboxylic acids is 1. The zero-order valence-corrected chi connectivity index (χ0v) is 12.7. The quantitative estimate of drug-likeness (QED) is 0.852. The lowest BCUT2D eigenvalue weighted by Crippen LogP contribution is -2.49. The van der Waals surface area contributed by atoms with Crippen molar-refractivity contribution in [1.82, 2.24) is 10.2 Å². The molecule has 2 aliphatic rings. The second-order valence-corrected chi connectivity index (χ2v) is 6.38. The first-order valence-electron chi connectivity index (χ1n) is 8.22. The Morgan fingerprint density at radius 2 is 1.95 bits per heavy atom. The van der Waals surface area contributed by atoms with Gasteiger partial charge in [0.1, 0.15) is 0 Å². The first-order chi connectivity index (χ1) is 9.22. The normalized spacial score (nSPS) is 27.9. The summed E-state index contributed by atoms with van der Waals surface area (Å²) in [5, 5.41) is 3.39. The van der Waals surface area contributed by atoms with Crippen LogP contribution in [0.2, 0.25) is 0 Å². The Labute approximate surface area is 118 Å². The number of nitrogens with zero attached hydrogens (tertiary/aromatic N) is 1. The van der Waals surface area contributed by atoms with E-state index in [2.05, 4.69) is 24.1 Å². The van der Waals surface area contributed by atoms with Gasteiger partial charge >= 0.3 is 0 Å². The van der Waals surface area contributed by atoms with E-state index >= 15 is 0 Å². The molecular formula is C16H30N2O. The second-order valence-electron chi connectivity index (χ2n) is 6.38. The summed E-state index contributed by atoms with van der Waals surface area (Å²) in [5.41, 5.74) is -0.0582. The number of hydrogen-bond acceptors (Lipinski definition) is 2. The average Bonchev–Trinajstić information content (AvgIpc) is 2.72. The Kier molecular flexibility index (Phi) is 5.26. The van der Waals surface area contributed by atoms with Gasteiger partial charge in [0, 0.05) is 13.1 Å². The second kappa shape index (κ2) is 6.74. The van der Waals surface area contributed by atoms with E-state index in [1.54, 1.807) is 0 Å². The van der Waals surface area contributed by atoms with Gasteiger partial charge < -0.3 is 10.2 Å². The summed E-state index contributed by atoms with van der Waals surface area (Å²) >= 11 is 0. The monoisotopic (exact) mass is 266 g/mol. The SMILES string of the molecule is CCC1CCCN(C(=O)C2(CC)CCNCC2)CC1. The van der Waals surface area contributed by atoms with Crippen LogP contribution in [0.15, 0.2) is 0 Å². The van der Waals surface area contributed by atoms with Crippen molar-refractivity contribution in [2.45, 2.75) is 58.8 Å². The Balaban J connectivity index is 2.01. The highest BCUT2D eigenvalue weighted by Crippen LogP contribution is 2.35. The zero-order valence-electron chi connectivity index (χ0n) is 12.7. The van der Waals surface area contributed by atoms with E-state index in [9.17, 15) is 4.79 Å². The van der Waals surface area contributed by atoms with E-state index in [-0.39, 0.29) is 5.41 Å². The van der Waals surface area contributed by atoms with E-state index in [0.29, 0.717) is 5.91 Å². The average molecular weight is 266 g/mol. The fraction of sp³-hybridized carbons (Fsp3) is 0.938. The molecule has 110 valence electrons. The minimum Gasteiger partial charge on any atom is -0.342 e. The van der Waals surface area contributed by atoms with Crippen molar-refractivity contribution in [2.24, 2.45) is 11.3 Å². The predicted octanol–water partition coefficient (Wildman–Crippen LogP) is 2.80. The lowest BCUT2D eigenvalue weighted by molar-refractivity contribution is -0.144. The highest BCUT2D eigenvalue weighted by Gasteiger charge is 2.40. The van der Waals surface area contributed by atoms with Gasteiger partial charge in [0.15, 0.2) is 0 Å². The van der Waals surface area contributed by atoms with E-state index in [1.807, 2.05) is 0 Å². The lowest BCUT2D eigenvalue weighted by atomic mass is 9.75. The molecule has 0 radical (unpaired) electrons. The van der Waals surface area contributed by atoms with Crippen LogP contribution in [-0.4, -0.2) is 37.0 Å². The fourth-order valence-corrected chi connectivity index (χ4v) is 3.74. The third-order valence-corrected chi connectivity index (χ3v) is 5.40. The standard InChI is InChI=1S/C16H30N2O/c1-3-14-6-5-12-18(13-7-14)15(19)16(4-2)8-10-17-11-9-16/h14,17H,3-13H2,1-2H3. The third-order valence-electron chi connectivity index (χ3n) is 5.40. The number of piperidine rings is 1. The van der Waals surface area contributed by atoms with E-state index in [4.69, 9.17) is 0 Å². The van der Waals surface area contributed by atoms with Crippen molar-refractivity contribution in [3.63, 3.8) is 0 Å². The van der Waals surface area contributed by atoms with Crippen LogP contribution in [0.4, 0.5) is 0 Å². The molecule has 3 heteroatoms. The molecule has 0 spiro atoms.